The molecular formula is C18H34N2. The van der Waals surface area contributed by atoms with Crippen molar-refractivity contribution in [1.29, 1.82) is 0 Å². The van der Waals surface area contributed by atoms with Crippen molar-refractivity contribution >= 4 is 0 Å². The fourth-order valence-corrected chi connectivity index (χ4v) is 4.80. The van der Waals surface area contributed by atoms with Gasteiger partial charge in [0.25, 0.3) is 0 Å². The summed E-state index contributed by atoms with van der Waals surface area (Å²) in [7, 11) is 0. The molecule has 0 aromatic heterocycles. The highest BCUT2D eigenvalue weighted by Crippen LogP contribution is 2.29. The second-order valence-corrected chi connectivity index (χ2v) is 7.49. The monoisotopic (exact) mass is 278 g/mol. The van der Waals surface area contributed by atoms with Crippen molar-refractivity contribution in [2.45, 2.75) is 83.2 Å². The van der Waals surface area contributed by atoms with Gasteiger partial charge in [0, 0.05) is 25.2 Å². The minimum atomic E-state index is 0.841. The second kappa shape index (κ2) is 7.26. The van der Waals surface area contributed by atoms with Crippen LogP contribution < -0.4 is 0 Å². The summed E-state index contributed by atoms with van der Waals surface area (Å²) >= 11 is 0. The molecule has 1 saturated carbocycles. The predicted molar refractivity (Wildman–Crippen MR) is 86.1 cm³/mol. The predicted octanol–water partition coefficient (Wildman–Crippen LogP) is 3.91. The minimum Gasteiger partial charge on any atom is -0.298 e. The van der Waals surface area contributed by atoms with E-state index in [1.165, 1.54) is 90.4 Å². The van der Waals surface area contributed by atoms with Gasteiger partial charge >= 0.3 is 0 Å². The van der Waals surface area contributed by atoms with Gasteiger partial charge in [0.05, 0.1) is 0 Å². The summed E-state index contributed by atoms with van der Waals surface area (Å²) in [5.41, 5.74) is 0. The molecule has 0 radical (unpaired) electrons. The molecule has 0 spiro atoms. The van der Waals surface area contributed by atoms with Gasteiger partial charge in [-0.05, 0) is 44.7 Å². The maximum Gasteiger partial charge on any atom is 0.0223 e. The Morgan fingerprint density at radius 3 is 2.50 bits per heavy atom. The van der Waals surface area contributed by atoms with Gasteiger partial charge in [0.1, 0.15) is 0 Å². The Morgan fingerprint density at radius 2 is 1.70 bits per heavy atom. The molecule has 2 aliphatic heterocycles. The summed E-state index contributed by atoms with van der Waals surface area (Å²) in [5, 5.41) is 0. The van der Waals surface area contributed by atoms with E-state index in [2.05, 4.69) is 16.7 Å². The fourth-order valence-electron chi connectivity index (χ4n) is 4.80. The normalized spacial score (nSPS) is 34.0. The first kappa shape index (κ1) is 14.8. The van der Waals surface area contributed by atoms with Crippen LogP contribution >= 0.6 is 0 Å². The molecular weight excluding hydrogens is 244 g/mol. The molecule has 20 heavy (non-hydrogen) atoms. The van der Waals surface area contributed by atoms with Gasteiger partial charge in [-0.25, -0.2) is 0 Å². The first-order chi connectivity index (χ1) is 9.86. The molecule has 3 rings (SSSR count). The van der Waals surface area contributed by atoms with Crippen LogP contribution in [0.5, 0.6) is 0 Å². The van der Waals surface area contributed by atoms with E-state index >= 15 is 0 Å². The second-order valence-electron chi connectivity index (χ2n) is 7.49. The number of hydrogen-bond donors (Lipinski definition) is 0. The summed E-state index contributed by atoms with van der Waals surface area (Å²) in [5.74, 6) is 1.05. The largest absolute Gasteiger partial charge is 0.298 e. The van der Waals surface area contributed by atoms with E-state index in [0.717, 1.165) is 18.0 Å². The summed E-state index contributed by atoms with van der Waals surface area (Å²) in [6.45, 7) is 7.87. The van der Waals surface area contributed by atoms with Gasteiger partial charge in [0.2, 0.25) is 0 Å². The molecule has 0 aromatic carbocycles. The van der Waals surface area contributed by atoms with Crippen LogP contribution in [0.15, 0.2) is 0 Å². The van der Waals surface area contributed by atoms with Crippen LogP contribution in [0.4, 0.5) is 0 Å². The highest BCUT2D eigenvalue weighted by molar-refractivity contribution is 4.90. The molecule has 2 heteroatoms. The molecule has 3 aliphatic rings. The number of nitrogens with zero attached hydrogens (tertiary/aromatic N) is 2. The van der Waals surface area contributed by atoms with Crippen molar-refractivity contribution < 1.29 is 0 Å². The van der Waals surface area contributed by atoms with E-state index in [1.54, 1.807) is 0 Å². The average molecular weight is 278 g/mol. The number of hydrogen-bond acceptors (Lipinski definition) is 2. The Morgan fingerprint density at radius 1 is 0.900 bits per heavy atom. The maximum absolute atomic E-state index is 2.86. The van der Waals surface area contributed by atoms with Crippen molar-refractivity contribution in [2.24, 2.45) is 5.92 Å². The third kappa shape index (κ3) is 3.57. The van der Waals surface area contributed by atoms with Gasteiger partial charge in [-0.15, -0.1) is 0 Å². The fraction of sp³-hybridized carbons (Fsp3) is 1.00. The topological polar surface area (TPSA) is 6.48 Å². The van der Waals surface area contributed by atoms with Gasteiger partial charge in [0.15, 0.2) is 0 Å². The molecule has 1 aliphatic carbocycles. The van der Waals surface area contributed by atoms with E-state index in [4.69, 9.17) is 0 Å². The molecule has 116 valence electrons. The lowest BCUT2D eigenvalue weighted by molar-refractivity contribution is 0.00441. The first-order valence-electron chi connectivity index (χ1n) is 9.35. The van der Waals surface area contributed by atoms with Gasteiger partial charge in [-0.3, -0.25) is 9.80 Å². The lowest BCUT2D eigenvalue weighted by Crippen LogP contribution is -2.59. The van der Waals surface area contributed by atoms with Crippen LogP contribution in [0.1, 0.15) is 71.1 Å². The Balaban J connectivity index is 1.50. The number of piperazine rings is 1. The standard InChI is InChI=1S/C18H34N2/c1-2-17-14-19-12-7-6-10-18(19)15-20(17)13-11-16-8-4-3-5-9-16/h16-18H,2-15H2,1H3. The molecule has 2 unspecified atom stereocenters. The van der Waals surface area contributed by atoms with Crippen LogP contribution in [0.3, 0.4) is 0 Å². The average Bonchev–Trinajstić information content (AvgIpc) is 2.53. The summed E-state index contributed by atoms with van der Waals surface area (Å²) in [6.07, 6.45) is 14.7. The molecule has 0 amide bonds. The maximum atomic E-state index is 2.86. The zero-order valence-electron chi connectivity index (χ0n) is 13.5. The number of rotatable bonds is 4. The highest BCUT2D eigenvalue weighted by Gasteiger charge is 2.34. The molecule has 0 aromatic rings. The van der Waals surface area contributed by atoms with Crippen molar-refractivity contribution in [3.8, 4) is 0 Å². The Kier molecular flexibility index (Phi) is 5.39. The van der Waals surface area contributed by atoms with Crippen LogP contribution in [0.25, 0.3) is 0 Å². The molecule has 2 atom stereocenters. The molecule has 2 heterocycles. The van der Waals surface area contributed by atoms with Crippen molar-refractivity contribution in [3.05, 3.63) is 0 Å². The van der Waals surface area contributed by atoms with Crippen LogP contribution in [-0.4, -0.2) is 48.1 Å². The summed E-state index contributed by atoms with van der Waals surface area (Å²) < 4.78 is 0. The van der Waals surface area contributed by atoms with Crippen molar-refractivity contribution in [2.75, 3.05) is 26.2 Å². The molecule has 2 nitrogen and oxygen atoms in total. The molecule has 0 bridgehead atoms. The van der Waals surface area contributed by atoms with Gasteiger partial charge < -0.3 is 0 Å². The van der Waals surface area contributed by atoms with Crippen molar-refractivity contribution in [1.82, 2.24) is 9.80 Å². The van der Waals surface area contributed by atoms with E-state index in [9.17, 15) is 0 Å². The molecule has 3 fully saturated rings. The van der Waals surface area contributed by atoms with Crippen LogP contribution in [0.2, 0.25) is 0 Å². The third-order valence-electron chi connectivity index (χ3n) is 6.18. The SMILES string of the molecule is CCC1CN2CCCCC2CN1CCC1CCCCC1. The third-order valence-corrected chi connectivity index (χ3v) is 6.18. The first-order valence-corrected chi connectivity index (χ1v) is 9.35. The minimum absolute atomic E-state index is 0.841. The van der Waals surface area contributed by atoms with E-state index < -0.39 is 0 Å². The van der Waals surface area contributed by atoms with E-state index in [1.807, 2.05) is 0 Å². The summed E-state index contributed by atoms with van der Waals surface area (Å²) in [4.78, 5) is 5.66. The summed E-state index contributed by atoms with van der Waals surface area (Å²) in [6, 6.07) is 1.73. The van der Waals surface area contributed by atoms with Gasteiger partial charge in [-0.1, -0.05) is 45.4 Å². The van der Waals surface area contributed by atoms with E-state index in [0.29, 0.717) is 0 Å². The van der Waals surface area contributed by atoms with E-state index in [-0.39, 0.29) is 0 Å². The Bertz CT molecular complexity index is 285. The van der Waals surface area contributed by atoms with Crippen LogP contribution in [-0.2, 0) is 0 Å². The Labute approximate surface area is 125 Å². The molecule has 0 N–H and O–H groups in total. The Hall–Kier alpha value is -0.0800. The number of fused-ring (bicyclic) bond motifs is 1. The zero-order chi connectivity index (χ0) is 13.8. The molecule has 2 saturated heterocycles. The number of piperidine rings is 1. The lowest BCUT2D eigenvalue weighted by atomic mass is 9.86. The lowest BCUT2D eigenvalue weighted by Gasteiger charge is -2.48. The highest BCUT2D eigenvalue weighted by atomic mass is 15.3. The quantitative estimate of drug-likeness (QED) is 0.769. The van der Waals surface area contributed by atoms with Gasteiger partial charge in [-0.2, -0.15) is 0 Å². The van der Waals surface area contributed by atoms with Crippen LogP contribution in [0, 0.1) is 5.92 Å². The van der Waals surface area contributed by atoms with Crippen molar-refractivity contribution in [3.63, 3.8) is 0 Å². The zero-order valence-corrected chi connectivity index (χ0v) is 13.5. The smallest absolute Gasteiger partial charge is 0.0223 e.